The SMILES string of the molecule is CCCCSc1nc2n(n1)C(c1ccc(Br)cc1)C1=C(CCCC1=O)N2. The second-order valence-corrected chi connectivity index (χ2v) is 8.59. The van der Waals surface area contributed by atoms with E-state index in [0.717, 1.165) is 63.8 Å². The molecule has 1 atom stereocenters. The van der Waals surface area contributed by atoms with Crippen molar-refractivity contribution in [3.8, 4) is 0 Å². The molecule has 1 N–H and O–H groups in total. The Morgan fingerprint density at radius 3 is 2.88 bits per heavy atom. The lowest BCUT2D eigenvalue weighted by molar-refractivity contribution is -0.116. The highest BCUT2D eigenvalue weighted by Crippen LogP contribution is 2.40. The number of anilines is 1. The normalized spacial score (nSPS) is 19.2. The second-order valence-electron chi connectivity index (χ2n) is 6.61. The Labute approximate surface area is 165 Å². The molecule has 0 amide bonds. The number of nitrogens with zero attached hydrogens (tertiary/aromatic N) is 3. The minimum Gasteiger partial charge on any atom is -0.328 e. The molecule has 1 aromatic carbocycles. The highest BCUT2D eigenvalue weighted by molar-refractivity contribution is 9.10. The van der Waals surface area contributed by atoms with Crippen LogP contribution in [0.4, 0.5) is 5.95 Å². The molecule has 136 valence electrons. The van der Waals surface area contributed by atoms with Gasteiger partial charge in [-0.2, -0.15) is 4.98 Å². The summed E-state index contributed by atoms with van der Waals surface area (Å²) in [5.41, 5.74) is 2.92. The van der Waals surface area contributed by atoms with Crippen LogP contribution >= 0.6 is 27.7 Å². The van der Waals surface area contributed by atoms with Crippen molar-refractivity contribution in [1.82, 2.24) is 14.8 Å². The number of halogens is 1. The summed E-state index contributed by atoms with van der Waals surface area (Å²) < 4.78 is 2.91. The van der Waals surface area contributed by atoms with Crippen LogP contribution in [0.2, 0.25) is 0 Å². The summed E-state index contributed by atoms with van der Waals surface area (Å²) in [6.45, 7) is 2.18. The van der Waals surface area contributed by atoms with Crippen LogP contribution in [0.5, 0.6) is 0 Å². The quantitative estimate of drug-likeness (QED) is 0.534. The molecule has 1 unspecified atom stereocenters. The maximum Gasteiger partial charge on any atom is 0.227 e. The molecular formula is C19H21BrN4OS. The van der Waals surface area contributed by atoms with Crippen LogP contribution in [0.1, 0.15) is 50.6 Å². The zero-order valence-corrected chi connectivity index (χ0v) is 17.1. The lowest BCUT2D eigenvalue weighted by atomic mass is 9.85. The van der Waals surface area contributed by atoms with Gasteiger partial charge in [0.1, 0.15) is 6.04 Å². The molecule has 5 nitrogen and oxygen atoms in total. The van der Waals surface area contributed by atoms with Crippen molar-refractivity contribution in [3.05, 3.63) is 45.6 Å². The van der Waals surface area contributed by atoms with Gasteiger partial charge in [0, 0.05) is 27.9 Å². The molecule has 2 aromatic rings. The third-order valence-corrected chi connectivity index (χ3v) is 6.22. The fraction of sp³-hybridized carbons (Fsp3) is 0.421. The van der Waals surface area contributed by atoms with Gasteiger partial charge in [0.2, 0.25) is 11.1 Å². The topological polar surface area (TPSA) is 59.8 Å². The van der Waals surface area contributed by atoms with Crippen LogP contribution in [0, 0.1) is 0 Å². The Morgan fingerprint density at radius 1 is 1.31 bits per heavy atom. The van der Waals surface area contributed by atoms with Gasteiger partial charge in [0.15, 0.2) is 5.78 Å². The molecule has 2 aliphatic rings. The number of carbonyl (C=O) groups is 1. The van der Waals surface area contributed by atoms with Gasteiger partial charge >= 0.3 is 0 Å². The number of unbranched alkanes of at least 4 members (excludes halogenated alkanes) is 1. The van der Waals surface area contributed by atoms with Crippen molar-refractivity contribution in [2.75, 3.05) is 11.1 Å². The standard InChI is InChI=1S/C19H21BrN4OS/c1-2-3-11-26-19-22-18-21-14-5-4-6-15(25)16(14)17(24(18)23-19)12-7-9-13(20)10-8-12/h7-10,17H,2-6,11H2,1H3,(H,21,22,23). The van der Waals surface area contributed by atoms with Crippen LogP contribution in [-0.2, 0) is 4.79 Å². The van der Waals surface area contributed by atoms with Gasteiger partial charge in [-0.05, 0) is 37.0 Å². The molecule has 1 aliphatic carbocycles. The third-order valence-electron chi connectivity index (χ3n) is 4.76. The number of hydrogen-bond donors (Lipinski definition) is 1. The molecule has 1 aliphatic heterocycles. The van der Waals surface area contributed by atoms with Crippen molar-refractivity contribution in [2.45, 2.75) is 50.2 Å². The number of thioether (sulfide) groups is 1. The first kappa shape index (κ1) is 17.8. The second kappa shape index (κ2) is 7.56. The maximum absolute atomic E-state index is 12.7. The number of Topliss-reactive ketones (excluding diaryl/α,β-unsaturated/α-hetero) is 1. The van der Waals surface area contributed by atoms with Crippen molar-refractivity contribution < 1.29 is 4.79 Å². The summed E-state index contributed by atoms with van der Waals surface area (Å²) in [5.74, 6) is 1.97. The van der Waals surface area contributed by atoms with Gasteiger partial charge in [-0.25, -0.2) is 4.68 Å². The molecule has 0 saturated carbocycles. The van der Waals surface area contributed by atoms with Crippen molar-refractivity contribution in [2.24, 2.45) is 0 Å². The minimum absolute atomic E-state index is 0.199. The summed E-state index contributed by atoms with van der Waals surface area (Å²) in [6, 6.07) is 7.94. The number of allylic oxidation sites excluding steroid dienone is 2. The van der Waals surface area contributed by atoms with Gasteiger partial charge in [-0.15, -0.1) is 5.10 Å². The van der Waals surface area contributed by atoms with Crippen LogP contribution in [0.15, 0.2) is 45.2 Å². The Bertz CT molecular complexity index is 859. The highest BCUT2D eigenvalue weighted by Gasteiger charge is 2.36. The van der Waals surface area contributed by atoms with E-state index in [9.17, 15) is 4.79 Å². The molecule has 4 rings (SSSR count). The molecule has 0 spiro atoms. The number of ketones is 1. The van der Waals surface area contributed by atoms with E-state index in [2.05, 4.69) is 45.3 Å². The average Bonchev–Trinajstić information content (AvgIpc) is 3.04. The molecule has 0 fully saturated rings. The number of benzene rings is 1. The van der Waals surface area contributed by atoms with Gasteiger partial charge in [0.05, 0.1) is 0 Å². The van der Waals surface area contributed by atoms with E-state index in [-0.39, 0.29) is 11.8 Å². The highest BCUT2D eigenvalue weighted by atomic mass is 79.9. The predicted octanol–water partition coefficient (Wildman–Crippen LogP) is 4.95. The zero-order valence-electron chi connectivity index (χ0n) is 14.7. The molecule has 26 heavy (non-hydrogen) atoms. The van der Waals surface area contributed by atoms with Gasteiger partial charge in [0.25, 0.3) is 0 Å². The number of rotatable bonds is 5. The van der Waals surface area contributed by atoms with E-state index in [1.165, 1.54) is 0 Å². The van der Waals surface area contributed by atoms with Crippen LogP contribution in [-0.4, -0.2) is 26.3 Å². The summed E-state index contributed by atoms with van der Waals surface area (Å²) in [7, 11) is 0. The molecule has 0 saturated heterocycles. The Hall–Kier alpha value is -1.60. The van der Waals surface area contributed by atoms with E-state index >= 15 is 0 Å². The van der Waals surface area contributed by atoms with Gasteiger partial charge in [-0.1, -0.05) is 53.2 Å². The fourth-order valence-electron chi connectivity index (χ4n) is 3.46. The van der Waals surface area contributed by atoms with Gasteiger partial charge in [-0.3, -0.25) is 4.79 Å². The maximum atomic E-state index is 12.7. The zero-order chi connectivity index (χ0) is 18.1. The molecule has 2 heterocycles. The minimum atomic E-state index is -0.199. The Kier molecular flexibility index (Phi) is 5.18. The first-order valence-corrected chi connectivity index (χ1v) is 10.8. The smallest absolute Gasteiger partial charge is 0.227 e. The number of hydrogen-bond acceptors (Lipinski definition) is 5. The predicted molar refractivity (Wildman–Crippen MR) is 107 cm³/mol. The van der Waals surface area contributed by atoms with E-state index in [1.807, 2.05) is 16.8 Å². The lowest BCUT2D eigenvalue weighted by Crippen LogP contribution is -2.31. The summed E-state index contributed by atoms with van der Waals surface area (Å²) in [5, 5.41) is 8.89. The van der Waals surface area contributed by atoms with E-state index in [4.69, 9.17) is 5.10 Å². The monoisotopic (exact) mass is 432 g/mol. The Morgan fingerprint density at radius 2 is 2.12 bits per heavy atom. The first-order valence-electron chi connectivity index (χ1n) is 9.05. The van der Waals surface area contributed by atoms with Crippen LogP contribution < -0.4 is 5.32 Å². The first-order chi connectivity index (χ1) is 12.7. The van der Waals surface area contributed by atoms with Crippen LogP contribution in [0.25, 0.3) is 0 Å². The van der Waals surface area contributed by atoms with E-state index in [1.54, 1.807) is 11.8 Å². The molecule has 1 aromatic heterocycles. The van der Waals surface area contributed by atoms with Crippen molar-refractivity contribution >= 4 is 39.4 Å². The fourth-order valence-corrected chi connectivity index (χ4v) is 4.64. The average molecular weight is 433 g/mol. The van der Waals surface area contributed by atoms with Crippen molar-refractivity contribution in [3.63, 3.8) is 0 Å². The number of carbonyl (C=O) groups excluding carboxylic acids is 1. The summed E-state index contributed by atoms with van der Waals surface area (Å²) in [6.07, 6.45) is 4.69. The van der Waals surface area contributed by atoms with Crippen LogP contribution in [0.3, 0.4) is 0 Å². The number of aromatic nitrogens is 3. The van der Waals surface area contributed by atoms with Crippen molar-refractivity contribution in [1.29, 1.82) is 0 Å². The lowest BCUT2D eigenvalue weighted by Gasteiger charge is -2.32. The molecule has 7 heteroatoms. The van der Waals surface area contributed by atoms with Gasteiger partial charge < -0.3 is 5.32 Å². The molecule has 0 radical (unpaired) electrons. The summed E-state index contributed by atoms with van der Waals surface area (Å²) in [4.78, 5) is 17.4. The largest absolute Gasteiger partial charge is 0.328 e. The Balaban J connectivity index is 1.76. The van der Waals surface area contributed by atoms with E-state index in [0.29, 0.717) is 6.42 Å². The third kappa shape index (κ3) is 3.34. The summed E-state index contributed by atoms with van der Waals surface area (Å²) >= 11 is 5.17. The number of fused-ring (bicyclic) bond motifs is 1. The van der Waals surface area contributed by atoms with E-state index < -0.39 is 0 Å². The number of nitrogens with one attached hydrogen (secondary N) is 1. The molecule has 0 bridgehead atoms. The molecular weight excluding hydrogens is 412 g/mol.